The lowest BCUT2D eigenvalue weighted by molar-refractivity contribution is 0.0675. The molecule has 0 bridgehead atoms. The van der Waals surface area contributed by atoms with Crippen LogP contribution in [0.15, 0.2) is 18.2 Å². The molecule has 0 spiro atoms. The molecule has 0 radical (unpaired) electrons. The van der Waals surface area contributed by atoms with Crippen LogP contribution in [-0.2, 0) is 0 Å². The molecule has 0 saturated carbocycles. The van der Waals surface area contributed by atoms with Gasteiger partial charge in [0.1, 0.15) is 11.5 Å². The quantitative estimate of drug-likeness (QED) is 0.723. The zero-order chi connectivity index (χ0) is 11.4. The predicted octanol–water partition coefficient (Wildman–Crippen LogP) is 2.15. The lowest BCUT2D eigenvalue weighted by Crippen LogP contribution is -2.11. The number of alkyl halides is 2. The molecule has 1 aromatic carbocycles. The first-order valence-electron chi connectivity index (χ1n) is 4.14. The Morgan fingerprint density at radius 3 is 2.40 bits per heavy atom. The van der Waals surface area contributed by atoms with Crippen LogP contribution < -0.4 is 9.47 Å². The number of hydrogen-bond donors (Lipinski definition) is 0. The normalized spacial score (nSPS) is 10.2. The SMILES string of the molecule is COc1ccc(C(=O)C(F)F)c(OC)c1. The second-order valence-corrected chi connectivity index (χ2v) is 2.73. The number of methoxy groups -OCH3 is 2. The number of benzene rings is 1. The van der Waals surface area contributed by atoms with Gasteiger partial charge in [-0.1, -0.05) is 0 Å². The molecule has 0 saturated heterocycles. The molecule has 3 nitrogen and oxygen atoms in total. The fourth-order valence-corrected chi connectivity index (χ4v) is 1.12. The number of rotatable bonds is 4. The second-order valence-electron chi connectivity index (χ2n) is 2.73. The minimum absolute atomic E-state index is 0.0830. The van der Waals surface area contributed by atoms with Gasteiger partial charge in [0.2, 0.25) is 5.78 Å². The van der Waals surface area contributed by atoms with Crippen LogP contribution in [0.2, 0.25) is 0 Å². The number of ether oxygens (including phenoxy) is 2. The average molecular weight is 216 g/mol. The lowest BCUT2D eigenvalue weighted by Gasteiger charge is -2.08. The van der Waals surface area contributed by atoms with Crippen molar-refractivity contribution in [3.05, 3.63) is 23.8 Å². The number of carbonyl (C=O) groups excluding carboxylic acids is 1. The highest BCUT2D eigenvalue weighted by Crippen LogP contribution is 2.26. The van der Waals surface area contributed by atoms with E-state index in [1.807, 2.05) is 0 Å². The summed E-state index contributed by atoms with van der Waals surface area (Å²) in [7, 11) is 2.74. The molecule has 0 fully saturated rings. The summed E-state index contributed by atoms with van der Waals surface area (Å²) in [5.74, 6) is -0.730. The van der Waals surface area contributed by atoms with Crippen molar-refractivity contribution in [3.8, 4) is 11.5 Å². The molecule has 15 heavy (non-hydrogen) atoms. The van der Waals surface area contributed by atoms with E-state index in [1.165, 1.54) is 32.4 Å². The largest absolute Gasteiger partial charge is 0.497 e. The van der Waals surface area contributed by atoms with E-state index in [1.54, 1.807) is 0 Å². The number of carbonyl (C=O) groups is 1. The standard InChI is InChI=1S/C10H10F2O3/c1-14-6-3-4-7(8(5-6)15-2)9(13)10(11)12/h3-5,10H,1-2H3. The fraction of sp³-hybridized carbons (Fsp3) is 0.300. The Bertz CT molecular complexity index is 364. The highest BCUT2D eigenvalue weighted by molar-refractivity contribution is 6.01. The van der Waals surface area contributed by atoms with Crippen molar-refractivity contribution >= 4 is 5.78 Å². The van der Waals surface area contributed by atoms with E-state index >= 15 is 0 Å². The van der Waals surface area contributed by atoms with Crippen molar-refractivity contribution in [2.24, 2.45) is 0 Å². The van der Waals surface area contributed by atoms with Gasteiger partial charge in [0.15, 0.2) is 0 Å². The highest BCUT2D eigenvalue weighted by Gasteiger charge is 2.21. The third-order valence-corrected chi connectivity index (χ3v) is 1.87. The third-order valence-electron chi connectivity index (χ3n) is 1.87. The molecule has 1 aromatic rings. The summed E-state index contributed by atoms with van der Waals surface area (Å²) < 4.78 is 34.1. The van der Waals surface area contributed by atoms with Gasteiger partial charge in [-0.15, -0.1) is 0 Å². The molecule has 82 valence electrons. The third kappa shape index (κ3) is 2.43. The Labute approximate surface area is 85.6 Å². The second kappa shape index (κ2) is 4.72. The molecule has 0 atom stereocenters. The first-order chi connectivity index (χ1) is 7.10. The van der Waals surface area contributed by atoms with Gasteiger partial charge in [-0.05, 0) is 12.1 Å². The first-order valence-corrected chi connectivity index (χ1v) is 4.14. The number of hydrogen-bond acceptors (Lipinski definition) is 3. The zero-order valence-corrected chi connectivity index (χ0v) is 8.29. The lowest BCUT2D eigenvalue weighted by atomic mass is 10.1. The average Bonchev–Trinajstić information content (AvgIpc) is 2.27. The van der Waals surface area contributed by atoms with Gasteiger partial charge in [0.25, 0.3) is 0 Å². The van der Waals surface area contributed by atoms with E-state index in [-0.39, 0.29) is 11.3 Å². The Morgan fingerprint density at radius 1 is 1.27 bits per heavy atom. The van der Waals surface area contributed by atoms with E-state index < -0.39 is 12.2 Å². The number of halogens is 2. The van der Waals surface area contributed by atoms with E-state index in [4.69, 9.17) is 9.47 Å². The maximum atomic E-state index is 12.2. The first kappa shape index (κ1) is 11.4. The van der Waals surface area contributed by atoms with Crippen LogP contribution in [0, 0.1) is 0 Å². The summed E-state index contributed by atoms with van der Waals surface area (Å²) in [6.07, 6.45) is -3.03. The maximum Gasteiger partial charge on any atom is 0.300 e. The van der Waals surface area contributed by atoms with E-state index in [9.17, 15) is 13.6 Å². The Hall–Kier alpha value is -1.65. The summed E-state index contributed by atoms with van der Waals surface area (Å²) in [4.78, 5) is 11.1. The van der Waals surface area contributed by atoms with Crippen LogP contribution in [0.4, 0.5) is 8.78 Å². The van der Waals surface area contributed by atoms with Gasteiger partial charge < -0.3 is 9.47 Å². The van der Waals surface area contributed by atoms with Crippen molar-refractivity contribution in [1.82, 2.24) is 0 Å². The van der Waals surface area contributed by atoms with Crippen LogP contribution in [0.3, 0.4) is 0 Å². The van der Waals surface area contributed by atoms with Crippen molar-refractivity contribution < 1.29 is 23.0 Å². The van der Waals surface area contributed by atoms with Gasteiger partial charge >= 0.3 is 6.43 Å². The number of ketones is 1. The highest BCUT2D eigenvalue weighted by atomic mass is 19.3. The van der Waals surface area contributed by atoms with Crippen LogP contribution in [0.5, 0.6) is 11.5 Å². The van der Waals surface area contributed by atoms with E-state index in [0.717, 1.165) is 0 Å². The van der Waals surface area contributed by atoms with Gasteiger partial charge in [-0.2, -0.15) is 0 Å². The molecule has 0 amide bonds. The summed E-state index contributed by atoms with van der Waals surface area (Å²) >= 11 is 0. The minimum atomic E-state index is -3.03. The molecule has 1 rings (SSSR count). The van der Waals surface area contributed by atoms with Gasteiger partial charge in [0.05, 0.1) is 19.8 Å². The van der Waals surface area contributed by atoms with Gasteiger partial charge in [-0.3, -0.25) is 4.79 Å². The number of Topliss-reactive ketones (excluding diaryl/α,β-unsaturated/α-hetero) is 1. The molecule has 0 heterocycles. The monoisotopic (exact) mass is 216 g/mol. The van der Waals surface area contributed by atoms with Gasteiger partial charge in [-0.25, -0.2) is 8.78 Å². The summed E-state index contributed by atoms with van der Waals surface area (Å²) in [6, 6.07) is 4.07. The van der Waals surface area contributed by atoms with Crippen LogP contribution in [0.25, 0.3) is 0 Å². The Morgan fingerprint density at radius 2 is 1.93 bits per heavy atom. The molecule has 5 heteroatoms. The molecule has 0 N–H and O–H groups in total. The summed E-state index contributed by atoms with van der Waals surface area (Å²) in [5.41, 5.74) is -0.145. The van der Waals surface area contributed by atoms with Crippen molar-refractivity contribution in [1.29, 1.82) is 0 Å². The molecule has 0 unspecified atom stereocenters. The molecular formula is C10H10F2O3. The molecular weight excluding hydrogens is 206 g/mol. The van der Waals surface area contributed by atoms with Crippen molar-refractivity contribution in [3.63, 3.8) is 0 Å². The van der Waals surface area contributed by atoms with Crippen LogP contribution >= 0.6 is 0 Å². The smallest absolute Gasteiger partial charge is 0.300 e. The van der Waals surface area contributed by atoms with Crippen molar-refractivity contribution in [2.75, 3.05) is 14.2 Å². The molecule has 0 aliphatic heterocycles. The topological polar surface area (TPSA) is 35.5 Å². The summed E-state index contributed by atoms with van der Waals surface area (Å²) in [5, 5.41) is 0. The molecule has 0 aliphatic carbocycles. The predicted molar refractivity (Wildman–Crippen MR) is 49.9 cm³/mol. The maximum absolute atomic E-state index is 12.2. The Kier molecular flexibility index (Phi) is 3.60. The minimum Gasteiger partial charge on any atom is -0.497 e. The van der Waals surface area contributed by atoms with Crippen molar-refractivity contribution in [2.45, 2.75) is 6.43 Å². The summed E-state index contributed by atoms with van der Waals surface area (Å²) in [6.45, 7) is 0. The fourth-order valence-electron chi connectivity index (χ4n) is 1.12. The van der Waals surface area contributed by atoms with E-state index in [2.05, 4.69) is 0 Å². The van der Waals surface area contributed by atoms with Crippen LogP contribution in [-0.4, -0.2) is 26.4 Å². The van der Waals surface area contributed by atoms with E-state index in [0.29, 0.717) is 5.75 Å². The molecule has 0 aromatic heterocycles. The Balaban J connectivity index is 3.13. The zero-order valence-electron chi connectivity index (χ0n) is 8.29. The van der Waals surface area contributed by atoms with Gasteiger partial charge in [0, 0.05) is 6.07 Å². The molecule has 0 aliphatic rings. The van der Waals surface area contributed by atoms with Crippen LogP contribution in [0.1, 0.15) is 10.4 Å².